The molecule has 2 N–H and O–H groups in total. The quantitative estimate of drug-likeness (QED) is 0.862. The summed E-state index contributed by atoms with van der Waals surface area (Å²) in [5, 5.41) is 12.6. The highest BCUT2D eigenvalue weighted by atomic mass is 16.3. The number of amides is 1. The van der Waals surface area contributed by atoms with E-state index in [1.54, 1.807) is 7.05 Å². The molecule has 19 heavy (non-hydrogen) atoms. The highest BCUT2D eigenvalue weighted by Crippen LogP contribution is 2.31. The molecule has 0 fully saturated rings. The van der Waals surface area contributed by atoms with Crippen molar-refractivity contribution in [2.45, 2.75) is 19.4 Å². The van der Waals surface area contributed by atoms with Crippen LogP contribution in [-0.4, -0.2) is 27.6 Å². The largest absolute Gasteiger partial charge is 0.512 e. The number of aromatic nitrogens is 2. The number of nitrogens with one attached hydrogen (secondary N) is 1. The van der Waals surface area contributed by atoms with Crippen LogP contribution in [0.3, 0.4) is 0 Å². The van der Waals surface area contributed by atoms with E-state index in [9.17, 15) is 9.90 Å². The molecule has 2 aromatic rings. The number of allylic oxidation sites excluding steroid dienone is 1. The van der Waals surface area contributed by atoms with Crippen LogP contribution in [0.5, 0.6) is 0 Å². The minimum absolute atomic E-state index is 0.123. The molecule has 0 atom stereocenters. The summed E-state index contributed by atoms with van der Waals surface area (Å²) in [4.78, 5) is 16.1. The molecule has 1 aromatic carbocycles. The first-order valence-electron chi connectivity index (χ1n) is 6.28. The van der Waals surface area contributed by atoms with Crippen molar-refractivity contribution in [1.82, 2.24) is 14.9 Å². The second-order valence-corrected chi connectivity index (χ2v) is 4.60. The lowest BCUT2D eigenvalue weighted by Gasteiger charge is -2.18. The Morgan fingerprint density at radius 3 is 3.05 bits per heavy atom. The summed E-state index contributed by atoms with van der Waals surface area (Å²) in [7, 11) is 1.59. The van der Waals surface area contributed by atoms with Crippen LogP contribution in [0.15, 0.2) is 30.0 Å². The molecule has 3 rings (SSSR count). The molecule has 1 amide bonds. The van der Waals surface area contributed by atoms with Crippen LogP contribution in [0, 0.1) is 0 Å². The predicted octanol–water partition coefficient (Wildman–Crippen LogP) is 1.85. The van der Waals surface area contributed by atoms with Crippen LogP contribution in [0.2, 0.25) is 0 Å². The molecule has 2 heterocycles. The van der Waals surface area contributed by atoms with Crippen LogP contribution < -0.4 is 5.32 Å². The van der Waals surface area contributed by atoms with Crippen LogP contribution in [0.4, 0.5) is 0 Å². The summed E-state index contributed by atoms with van der Waals surface area (Å²) in [5.41, 5.74) is 2.56. The van der Waals surface area contributed by atoms with E-state index in [0.29, 0.717) is 24.4 Å². The third-order valence-corrected chi connectivity index (χ3v) is 3.46. The van der Waals surface area contributed by atoms with Gasteiger partial charge in [-0.25, -0.2) is 4.98 Å². The zero-order valence-corrected chi connectivity index (χ0v) is 10.7. The molecule has 0 spiro atoms. The smallest absolute Gasteiger partial charge is 0.224 e. The molecular weight excluding hydrogens is 242 g/mol. The van der Waals surface area contributed by atoms with Gasteiger partial charge in [-0.05, 0) is 12.1 Å². The molecule has 1 aliphatic rings. The number of nitrogens with zero attached hydrogens (tertiary/aromatic N) is 2. The molecule has 0 unspecified atom stereocenters. The fourth-order valence-electron chi connectivity index (χ4n) is 2.46. The topological polar surface area (TPSA) is 67.2 Å². The minimum Gasteiger partial charge on any atom is -0.512 e. The number of fused-ring (bicyclic) bond motifs is 3. The average molecular weight is 257 g/mol. The molecule has 5 heteroatoms. The maximum atomic E-state index is 11.6. The summed E-state index contributed by atoms with van der Waals surface area (Å²) in [5.74, 6) is 0.849. The van der Waals surface area contributed by atoms with Crippen molar-refractivity contribution in [1.29, 1.82) is 0 Å². The number of para-hydroxylation sites is 2. The summed E-state index contributed by atoms with van der Waals surface area (Å²) in [6.45, 7) is 0.693. The van der Waals surface area contributed by atoms with Gasteiger partial charge in [0.2, 0.25) is 5.91 Å². The zero-order chi connectivity index (χ0) is 13.4. The van der Waals surface area contributed by atoms with Gasteiger partial charge in [0.05, 0.1) is 17.5 Å². The second kappa shape index (κ2) is 4.42. The molecular formula is C14H15N3O2. The first-order chi connectivity index (χ1) is 9.20. The van der Waals surface area contributed by atoms with Gasteiger partial charge >= 0.3 is 0 Å². The maximum absolute atomic E-state index is 11.6. The van der Waals surface area contributed by atoms with Gasteiger partial charge in [0.15, 0.2) is 0 Å². The number of rotatable bonds is 2. The molecule has 1 aromatic heterocycles. The van der Waals surface area contributed by atoms with Crippen LogP contribution in [0.25, 0.3) is 16.6 Å². The SMILES string of the molecule is CNC(=O)CC1=C(O)CCn2c1nc1ccccc12. The van der Waals surface area contributed by atoms with E-state index in [0.717, 1.165) is 11.0 Å². The molecule has 0 saturated carbocycles. The lowest BCUT2D eigenvalue weighted by molar-refractivity contribution is -0.119. The monoisotopic (exact) mass is 257 g/mol. The van der Waals surface area contributed by atoms with Gasteiger partial charge in [-0.1, -0.05) is 12.1 Å². The van der Waals surface area contributed by atoms with Gasteiger partial charge in [-0.15, -0.1) is 0 Å². The van der Waals surface area contributed by atoms with Crippen molar-refractivity contribution < 1.29 is 9.90 Å². The Hall–Kier alpha value is -2.30. The number of aryl methyl sites for hydroxylation is 1. The van der Waals surface area contributed by atoms with Crippen molar-refractivity contribution >= 4 is 22.5 Å². The minimum atomic E-state index is -0.123. The molecule has 0 bridgehead atoms. The van der Waals surface area contributed by atoms with Crippen molar-refractivity contribution in [3.05, 3.63) is 35.8 Å². The fraction of sp³-hybridized carbons (Fsp3) is 0.286. The number of imidazole rings is 1. The number of aliphatic hydroxyl groups excluding tert-OH is 1. The van der Waals surface area contributed by atoms with Crippen molar-refractivity contribution in [2.24, 2.45) is 0 Å². The van der Waals surface area contributed by atoms with Crippen LogP contribution in [0.1, 0.15) is 18.7 Å². The Labute approximate surface area is 110 Å². The van der Waals surface area contributed by atoms with E-state index in [1.807, 2.05) is 24.3 Å². The Bertz CT molecular complexity index is 685. The van der Waals surface area contributed by atoms with E-state index < -0.39 is 0 Å². The Kier molecular flexibility index (Phi) is 2.74. The third-order valence-electron chi connectivity index (χ3n) is 3.46. The first kappa shape index (κ1) is 11.8. The van der Waals surface area contributed by atoms with Crippen molar-refractivity contribution in [2.75, 3.05) is 7.05 Å². The van der Waals surface area contributed by atoms with Crippen molar-refractivity contribution in [3.63, 3.8) is 0 Å². The summed E-state index contributed by atoms with van der Waals surface area (Å²) >= 11 is 0. The van der Waals surface area contributed by atoms with E-state index in [4.69, 9.17) is 0 Å². The van der Waals surface area contributed by atoms with Gasteiger partial charge in [0, 0.05) is 25.6 Å². The Morgan fingerprint density at radius 2 is 2.26 bits per heavy atom. The predicted molar refractivity (Wildman–Crippen MR) is 72.6 cm³/mol. The molecule has 0 aliphatic carbocycles. The molecule has 0 radical (unpaired) electrons. The lowest BCUT2D eigenvalue weighted by Crippen LogP contribution is -2.21. The summed E-state index contributed by atoms with van der Waals surface area (Å²) < 4.78 is 2.06. The first-order valence-corrected chi connectivity index (χ1v) is 6.28. The summed E-state index contributed by atoms with van der Waals surface area (Å²) in [6, 6.07) is 7.85. The Morgan fingerprint density at radius 1 is 1.47 bits per heavy atom. The number of aliphatic hydroxyl groups is 1. The van der Waals surface area contributed by atoms with E-state index >= 15 is 0 Å². The highest BCUT2D eigenvalue weighted by molar-refractivity contribution is 5.90. The molecule has 1 aliphatic heterocycles. The van der Waals surface area contributed by atoms with Crippen LogP contribution >= 0.6 is 0 Å². The lowest BCUT2D eigenvalue weighted by atomic mass is 10.1. The molecule has 0 saturated heterocycles. The third kappa shape index (κ3) is 1.87. The van der Waals surface area contributed by atoms with E-state index in [1.165, 1.54) is 0 Å². The van der Waals surface area contributed by atoms with Gasteiger partial charge < -0.3 is 15.0 Å². The van der Waals surface area contributed by atoms with Gasteiger partial charge in [0.25, 0.3) is 0 Å². The number of carbonyl (C=O) groups excluding carboxylic acids is 1. The standard InChI is InChI=1S/C14H15N3O2/c1-15-13(19)8-9-12(18)6-7-17-11-5-3-2-4-10(11)16-14(9)17/h2-5,18H,6-8H2,1H3,(H,15,19). The van der Waals surface area contributed by atoms with E-state index in [2.05, 4.69) is 14.9 Å². The van der Waals surface area contributed by atoms with Gasteiger partial charge in [-0.2, -0.15) is 0 Å². The molecule has 98 valence electrons. The number of hydrogen-bond donors (Lipinski definition) is 2. The van der Waals surface area contributed by atoms with E-state index in [-0.39, 0.29) is 18.1 Å². The Balaban J connectivity index is 2.14. The normalized spacial score (nSPS) is 14.6. The second-order valence-electron chi connectivity index (χ2n) is 4.60. The zero-order valence-electron chi connectivity index (χ0n) is 10.7. The maximum Gasteiger partial charge on any atom is 0.224 e. The summed E-state index contributed by atoms with van der Waals surface area (Å²) in [6.07, 6.45) is 0.700. The average Bonchev–Trinajstić information content (AvgIpc) is 2.80. The highest BCUT2D eigenvalue weighted by Gasteiger charge is 2.24. The number of carbonyl (C=O) groups is 1. The van der Waals surface area contributed by atoms with Crippen LogP contribution in [-0.2, 0) is 11.3 Å². The number of hydrogen-bond acceptors (Lipinski definition) is 3. The van der Waals surface area contributed by atoms with Gasteiger partial charge in [-0.3, -0.25) is 4.79 Å². The number of benzene rings is 1. The van der Waals surface area contributed by atoms with Gasteiger partial charge in [0.1, 0.15) is 11.6 Å². The fourth-order valence-corrected chi connectivity index (χ4v) is 2.46. The van der Waals surface area contributed by atoms with Crippen molar-refractivity contribution in [3.8, 4) is 0 Å². The molecule has 5 nitrogen and oxygen atoms in total.